The number of alkyl halides is 3. The Morgan fingerprint density at radius 2 is 2.00 bits per heavy atom. The summed E-state index contributed by atoms with van der Waals surface area (Å²) in [5, 5.41) is 12.5. The number of aliphatic hydroxyl groups is 1. The summed E-state index contributed by atoms with van der Waals surface area (Å²) < 4.78 is 39.9. The Hall–Kier alpha value is -1.96. The molecule has 0 amide bonds. The van der Waals surface area contributed by atoms with Crippen molar-refractivity contribution in [2.45, 2.75) is 31.7 Å². The summed E-state index contributed by atoms with van der Waals surface area (Å²) in [5.74, 6) is -0.0332. The Bertz CT molecular complexity index is 517. The van der Waals surface area contributed by atoms with Crippen molar-refractivity contribution in [3.63, 3.8) is 0 Å². The number of ether oxygens (including phenoxy) is 1. The minimum absolute atomic E-state index is 0.114. The third kappa shape index (κ3) is 5.10. The lowest BCUT2D eigenvalue weighted by atomic mass is 10.1. The predicted octanol–water partition coefficient (Wildman–Crippen LogP) is 2.47. The van der Waals surface area contributed by atoms with Crippen molar-refractivity contribution in [2.24, 2.45) is 16.6 Å². The standard InChI is InChI=1S/C14H18F3N3O2/c15-14(16,17)22-11-6-4-10(5-7-11)20-13(18)19-8-9-2-1-3-12(9)21/h4-7,9,12,21H,1-3,8H2,(H3,18,19,20). The van der Waals surface area contributed by atoms with Gasteiger partial charge in [0.15, 0.2) is 5.96 Å². The van der Waals surface area contributed by atoms with Crippen LogP contribution >= 0.6 is 0 Å². The fourth-order valence-electron chi connectivity index (χ4n) is 2.37. The van der Waals surface area contributed by atoms with Gasteiger partial charge in [-0.1, -0.05) is 6.42 Å². The van der Waals surface area contributed by atoms with E-state index in [9.17, 15) is 18.3 Å². The first-order valence-electron chi connectivity index (χ1n) is 6.94. The first kappa shape index (κ1) is 16.4. The normalized spacial score (nSPS) is 22.6. The van der Waals surface area contributed by atoms with Crippen LogP contribution in [0.5, 0.6) is 5.75 Å². The van der Waals surface area contributed by atoms with Gasteiger partial charge in [0, 0.05) is 18.2 Å². The molecule has 0 radical (unpaired) electrons. The van der Waals surface area contributed by atoms with Gasteiger partial charge < -0.3 is 20.9 Å². The number of hydrogen-bond donors (Lipinski definition) is 3. The molecule has 1 aromatic carbocycles. The molecule has 0 aliphatic heterocycles. The van der Waals surface area contributed by atoms with Crippen LogP contribution in [-0.2, 0) is 0 Å². The zero-order valence-corrected chi connectivity index (χ0v) is 11.8. The number of anilines is 1. The Balaban J connectivity index is 1.87. The summed E-state index contributed by atoms with van der Waals surface area (Å²) in [6.07, 6.45) is -2.36. The predicted molar refractivity (Wildman–Crippen MR) is 76.6 cm³/mol. The Kier molecular flexibility index (Phi) is 5.12. The number of hydrogen-bond acceptors (Lipinski definition) is 3. The van der Waals surface area contributed by atoms with Crippen LogP contribution in [0.4, 0.5) is 18.9 Å². The summed E-state index contributed by atoms with van der Waals surface area (Å²) >= 11 is 0. The second kappa shape index (κ2) is 6.87. The third-order valence-corrected chi connectivity index (χ3v) is 3.48. The first-order chi connectivity index (χ1) is 10.3. The number of halogens is 3. The zero-order valence-electron chi connectivity index (χ0n) is 11.8. The van der Waals surface area contributed by atoms with Gasteiger partial charge in [-0.3, -0.25) is 4.99 Å². The fraction of sp³-hybridized carbons (Fsp3) is 0.500. The topological polar surface area (TPSA) is 79.9 Å². The monoisotopic (exact) mass is 317 g/mol. The van der Waals surface area contributed by atoms with E-state index in [1.807, 2.05) is 0 Å². The Morgan fingerprint density at radius 1 is 1.32 bits per heavy atom. The van der Waals surface area contributed by atoms with Gasteiger partial charge in [-0.2, -0.15) is 0 Å². The maximum absolute atomic E-state index is 12.0. The van der Waals surface area contributed by atoms with Gasteiger partial charge in [-0.05, 0) is 37.1 Å². The van der Waals surface area contributed by atoms with Crippen molar-refractivity contribution in [1.29, 1.82) is 0 Å². The maximum atomic E-state index is 12.0. The van der Waals surface area contributed by atoms with E-state index in [0.717, 1.165) is 19.3 Å². The number of aliphatic imine (C=N–C) groups is 1. The van der Waals surface area contributed by atoms with Gasteiger partial charge in [0.1, 0.15) is 5.75 Å². The van der Waals surface area contributed by atoms with Crippen molar-refractivity contribution < 1.29 is 23.0 Å². The van der Waals surface area contributed by atoms with E-state index < -0.39 is 6.36 Å². The molecular formula is C14H18F3N3O2. The van der Waals surface area contributed by atoms with E-state index in [2.05, 4.69) is 15.0 Å². The highest BCUT2D eigenvalue weighted by atomic mass is 19.4. The average molecular weight is 317 g/mol. The van der Waals surface area contributed by atoms with Crippen LogP contribution in [0.3, 0.4) is 0 Å². The van der Waals surface area contributed by atoms with Gasteiger partial charge >= 0.3 is 6.36 Å². The minimum atomic E-state index is -4.71. The largest absolute Gasteiger partial charge is 0.573 e. The van der Waals surface area contributed by atoms with Crippen LogP contribution in [0.25, 0.3) is 0 Å². The molecule has 5 nitrogen and oxygen atoms in total. The van der Waals surface area contributed by atoms with E-state index in [1.54, 1.807) is 0 Å². The maximum Gasteiger partial charge on any atom is 0.573 e. The lowest BCUT2D eigenvalue weighted by Gasteiger charge is -2.12. The van der Waals surface area contributed by atoms with Gasteiger partial charge in [-0.15, -0.1) is 13.2 Å². The molecule has 1 aliphatic rings. The molecule has 1 saturated carbocycles. The number of nitrogens with one attached hydrogen (secondary N) is 1. The average Bonchev–Trinajstić information content (AvgIpc) is 2.83. The highest BCUT2D eigenvalue weighted by molar-refractivity contribution is 5.92. The molecule has 122 valence electrons. The number of benzene rings is 1. The number of rotatable bonds is 4. The number of nitrogens with two attached hydrogens (primary N) is 1. The highest BCUT2D eigenvalue weighted by Gasteiger charge is 2.31. The lowest BCUT2D eigenvalue weighted by Crippen LogP contribution is -2.25. The third-order valence-electron chi connectivity index (χ3n) is 3.48. The molecule has 2 rings (SSSR count). The number of guanidine groups is 1. The molecule has 2 unspecified atom stereocenters. The van der Waals surface area contributed by atoms with Crippen LogP contribution in [-0.4, -0.2) is 30.1 Å². The smallest absolute Gasteiger partial charge is 0.406 e. The summed E-state index contributed by atoms with van der Waals surface area (Å²) in [6, 6.07) is 5.19. The molecule has 0 saturated heterocycles. The van der Waals surface area contributed by atoms with Crippen molar-refractivity contribution in [3.05, 3.63) is 24.3 Å². The Morgan fingerprint density at radius 3 is 2.55 bits per heavy atom. The highest BCUT2D eigenvalue weighted by Crippen LogP contribution is 2.26. The summed E-state index contributed by atoms with van der Waals surface area (Å²) in [5.41, 5.74) is 6.22. The van der Waals surface area contributed by atoms with E-state index in [4.69, 9.17) is 5.73 Å². The van der Waals surface area contributed by atoms with E-state index in [-0.39, 0.29) is 23.7 Å². The molecule has 0 heterocycles. The first-order valence-corrected chi connectivity index (χ1v) is 6.94. The summed E-state index contributed by atoms with van der Waals surface area (Å²) in [7, 11) is 0. The van der Waals surface area contributed by atoms with E-state index in [1.165, 1.54) is 24.3 Å². The van der Waals surface area contributed by atoms with E-state index in [0.29, 0.717) is 12.2 Å². The summed E-state index contributed by atoms with van der Waals surface area (Å²) in [6.45, 7) is 0.426. The molecular weight excluding hydrogens is 299 g/mol. The zero-order chi connectivity index (χ0) is 16.2. The van der Waals surface area contributed by atoms with Crippen molar-refractivity contribution in [2.75, 3.05) is 11.9 Å². The van der Waals surface area contributed by atoms with Gasteiger partial charge in [-0.25, -0.2) is 0 Å². The van der Waals surface area contributed by atoms with Crippen molar-refractivity contribution >= 4 is 11.6 Å². The number of aliphatic hydroxyl groups excluding tert-OH is 1. The molecule has 8 heteroatoms. The van der Waals surface area contributed by atoms with Crippen LogP contribution in [0.2, 0.25) is 0 Å². The van der Waals surface area contributed by atoms with Crippen LogP contribution < -0.4 is 15.8 Å². The number of nitrogens with zero attached hydrogens (tertiary/aromatic N) is 1. The quantitative estimate of drug-likeness (QED) is 0.589. The Labute approximate surface area is 126 Å². The molecule has 1 fully saturated rings. The molecule has 1 aromatic rings. The molecule has 0 bridgehead atoms. The molecule has 0 spiro atoms. The van der Waals surface area contributed by atoms with Crippen LogP contribution in [0.1, 0.15) is 19.3 Å². The summed E-state index contributed by atoms with van der Waals surface area (Å²) in [4.78, 5) is 4.15. The second-order valence-corrected chi connectivity index (χ2v) is 5.18. The second-order valence-electron chi connectivity index (χ2n) is 5.18. The molecule has 4 N–H and O–H groups in total. The molecule has 22 heavy (non-hydrogen) atoms. The van der Waals surface area contributed by atoms with Gasteiger partial charge in [0.2, 0.25) is 0 Å². The van der Waals surface area contributed by atoms with Crippen molar-refractivity contribution in [1.82, 2.24) is 0 Å². The fourth-order valence-corrected chi connectivity index (χ4v) is 2.37. The van der Waals surface area contributed by atoms with Crippen LogP contribution in [0, 0.1) is 5.92 Å². The van der Waals surface area contributed by atoms with Crippen molar-refractivity contribution in [3.8, 4) is 5.75 Å². The molecule has 1 aliphatic carbocycles. The van der Waals surface area contributed by atoms with E-state index >= 15 is 0 Å². The molecule has 0 aromatic heterocycles. The molecule has 2 atom stereocenters. The SMILES string of the molecule is NC(=NCC1CCCC1O)Nc1ccc(OC(F)(F)F)cc1. The lowest BCUT2D eigenvalue weighted by molar-refractivity contribution is -0.274. The van der Waals surface area contributed by atoms with Crippen LogP contribution in [0.15, 0.2) is 29.3 Å². The minimum Gasteiger partial charge on any atom is -0.406 e. The van der Waals surface area contributed by atoms with Gasteiger partial charge in [0.25, 0.3) is 0 Å². The van der Waals surface area contributed by atoms with Gasteiger partial charge in [0.05, 0.1) is 6.10 Å².